The Hall–Kier alpha value is -1.62. The van der Waals surface area contributed by atoms with Crippen LogP contribution in [0, 0.1) is 0 Å². The third kappa shape index (κ3) is 2.50. The van der Waals surface area contributed by atoms with Gasteiger partial charge in [-0.05, 0) is 0 Å². The van der Waals surface area contributed by atoms with E-state index in [0.29, 0.717) is 5.56 Å². The van der Waals surface area contributed by atoms with E-state index < -0.39 is 0 Å². The number of carbonyl (C=O) groups excluding carboxylic acids is 1. The van der Waals surface area contributed by atoms with E-state index in [2.05, 4.69) is 20.7 Å². The van der Waals surface area contributed by atoms with Crippen molar-refractivity contribution in [1.82, 2.24) is 3.56 Å². The number of halogens is 1. The Bertz CT molecular complexity index is 880. The van der Waals surface area contributed by atoms with Crippen LogP contribution in [-0.2, 0) is 4.74 Å². The van der Waals surface area contributed by atoms with Crippen LogP contribution < -0.4 is 5.56 Å². The Morgan fingerprint density at radius 1 is 1.19 bits per heavy atom. The van der Waals surface area contributed by atoms with Gasteiger partial charge in [-0.1, -0.05) is 0 Å². The average molecular weight is 411 g/mol. The average Bonchev–Trinajstić information content (AvgIpc) is 2.85. The summed E-state index contributed by atoms with van der Waals surface area (Å²) in [6.07, 6.45) is 0. The standard InChI is InChI=1S/C15H10BrNO3Se/c1-20-15(19)9-5-7-10(8-6-9)17-14(18)11-3-2-4-12(16)13(11)21-17/h2-8H,1H3. The molecule has 0 aliphatic carbocycles. The second kappa shape index (κ2) is 5.64. The summed E-state index contributed by atoms with van der Waals surface area (Å²) in [4.78, 5) is 23.9. The van der Waals surface area contributed by atoms with Gasteiger partial charge in [0.15, 0.2) is 0 Å². The Balaban J connectivity index is 2.13. The zero-order valence-corrected chi connectivity index (χ0v) is 14.3. The fourth-order valence-corrected chi connectivity index (χ4v) is 4.87. The first-order chi connectivity index (χ1) is 10.1. The summed E-state index contributed by atoms with van der Waals surface area (Å²) in [5.41, 5.74) is 1.26. The first-order valence-electron chi connectivity index (χ1n) is 6.11. The van der Waals surface area contributed by atoms with Gasteiger partial charge in [0.1, 0.15) is 0 Å². The SMILES string of the molecule is COC(=O)c1ccc(-n2[se]c3c(Br)cccc3c2=O)cc1. The van der Waals surface area contributed by atoms with Crippen molar-refractivity contribution < 1.29 is 9.53 Å². The van der Waals surface area contributed by atoms with Crippen LogP contribution >= 0.6 is 15.9 Å². The summed E-state index contributed by atoms with van der Waals surface area (Å²) in [5, 5.41) is 0.737. The molecule has 0 N–H and O–H groups in total. The molecule has 6 heteroatoms. The summed E-state index contributed by atoms with van der Waals surface area (Å²) in [6, 6.07) is 12.5. The molecule has 1 heterocycles. The normalized spacial score (nSPS) is 10.8. The number of ether oxygens (including phenoxy) is 1. The Morgan fingerprint density at radius 3 is 2.52 bits per heavy atom. The number of methoxy groups -OCH3 is 1. The van der Waals surface area contributed by atoms with Crippen molar-refractivity contribution in [3.05, 3.63) is 62.9 Å². The van der Waals surface area contributed by atoms with E-state index in [9.17, 15) is 9.59 Å². The van der Waals surface area contributed by atoms with E-state index in [0.717, 1.165) is 19.8 Å². The topological polar surface area (TPSA) is 48.3 Å². The zero-order chi connectivity index (χ0) is 15.0. The molecule has 0 saturated heterocycles. The summed E-state index contributed by atoms with van der Waals surface area (Å²) in [5.74, 6) is -0.383. The number of rotatable bonds is 2. The summed E-state index contributed by atoms with van der Waals surface area (Å²) >= 11 is 3.38. The summed E-state index contributed by atoms with van der Waals surface area (Å²) in [7, 11) is 1.34. The Labute approximate surface area is 135 Å². The Morgan fingerprint density at radius 2 is 1.90 bits per heavy atom. The van der Waals surface area contributed by atoms with Crippen molar-refractivity contribution in [2.45, 2.75) is 0 Å². The first kappa shape index (κ1) is 14.3. The predicted octanol–water partition coefficient (Wildman–Crippen LogP) is 2.60. The monoisotopic (exact) mass is 411 g/mol. The van der Waals surface area contributed by atoms with Crippen LogP contribution in [-0.4, -0.2) is 31.4 Å². The number of aromatic nitrogens is 1. The van der Waals surface area contributed by atoms with E-state index in [1.54, 1.807) is 27.8 Å². The van der Waals surface area contributed by atoms with Crippen LogP contribution in [0.25, 0.3) is 15.3 Å². The van der Waals surface area contributed by atoms with Gasteiger partial charge in [-0.25, -0.2) is 0 Å². The molecular weight excluding hydrogens is 401 g/mol. The third-order valence-corrected chi connectivity index (χ3v) is 6.82. The second-order valence-electron chi connectivity index (χ2n) is 4.35. The number of hydrogen-bond acceptors (Lipinski definition) is 3. The maximum atomic E-state index is 12.5. The van der Waals surface area contributed by atoms with Crippen molar-refractivity contribution in [2.75, 3.05) is 7.11 Å². The van der Waals surface area contributed by atoms with Crippen LogP contribution in [0.3, 0.4) is 0 Å². The molecule has 4 nitrogen and oxygen atoms in total. The van der Waals surface area contributed by atoms with Gasteiger partial charge in [0.05, 0.1) is 0 Å². The van der Waals surface area contributed by atoms with E-state index in [1.165, 1.54) is 7.11 Å². The molecule has 0 radical (unpaired) electrons. The second-order valence-corrected chi connectivity index (χ2v) is 7.21. The van der Waals surface area contributed by atoms with E-state index in [4.69, 9.17) is 0 Å². The van der Waals surface area contributed by atoms with Gasteiger partial charge in [-0.15, -0.1) is 0 Å². The molecule has 106 valence electrons. The van der Waals surface area contributed by atoms with Crippen molar-refractivity contribution in [3.63, 3.8) is 0 Å². The number of benzene rings is 2. The number of carbonyl (C=O) groups is 1. The number of fused-ring (bicyclic) bond motifs is 1. The molecule has 1 aromatic heterocycles. The molecule has 2 aromatic carbocycles. The molecule has 0 spiro atoms. The quantitative estimate of drug-likeness (QED) is 0.482. The molecule has 0 unspecified atom stereocenters. The van der Waals surface area contributed by atoms with E-state index >= 15 is 0 Å². The van der Waals surface area contributed by atoms with Crippen LogP contribution in [0.5, 0.6) is 0 Å². The van der Waals surface area contributed by atoms with Gasteiger partial charge in [-0.3, -0.25) is 0 Å². The van der Waals surface area contributed by atoms with Crippen molar-refractivity contribution in [1.29, 1.82) is 0 Å². The van der Waals surface area contributed by atoms with Crippen LogP contribution in [0.2, 0.25) is 0 Å². The van der Waals surface area contributed by atoms with Gasteiger partial charge in [-0.2, -0.15) is 0 Å². The van der Waals surface area contributed by atoms with Crippen molar-refractivity contribution in [3.8, 4) is 5.69 Å². The number of hydrogen-bond donors (Lipinski definition) is 0. The molecule has 0 amide bonds. The molecule has 3 rings (SSSR count). The van der Waals surface area contributed by atoms with E-state index in [-0.39, 0.29) is 26.3 Å². The van der Waals surface area contributed by atoms with Crippen LogP contribution in [0.1, 0.15) is 10.4 Å². The van der Waals surface area contributed by atoms with Crippen molar-refractivity contribution in [2.24, 2.45) is 0 Å². The fourth-order valence-electron chi connectivity index (χ4n) is 2.03. The molecule has 3 aromatic rings. The number of esters is 1. The van der Waals surface area contributed by atoms with Gasteiger partial charge in [0, 0.05) is 0 Å². The molecule has 0 aliphatic rings. The molecule has 0 saturated carbocycles. The molecule has 0 aliphatic heterocycles. The van der Waals surface area contributed by atoms with Crippen LogP contribution in [0.15, 0.2) is 51.7 Å². The third-order valence-electron chi connectivity index (χ3n) is 3.09. The van der Waals surface area contributed by atoms with Gasteiger partial charge >= 0.3 is 135 Å². The zero-order valence-electron chi connectivity index (χ0n) is 11.0. The minimum atomic E-state index is -0.383. The molecular formula is C15H10BrNO3Se. The first-order valence-corrected chi connectivity index (χ1v) is 8.52. The molecule has 0 fully saturated rings. The molecule has 0 bridgehead atoms. The summed E-state index contributed by atoms with van der Waals surface area (Å²) < 4.78 is 8.43. The van der Waals surface area contributed by atoms with E-state index in [1.807, 2.05) is 18.2 Å². The summed E-state index contributed by atoms with van der Waals surface area (Å²) in [6.45, 7) is 0. The number of nitrogens with zero attached hydrogens (tertiary/aromatic N) is 1. The fraction of sp³-hybridized carbons (Fsp3) is 0.0667. The molecule has 21 heavy (non-hydrogen) atoms. The van der Waals surface area contributed by atoms with Gasteiger partial charge < -0.3 is 0 Å². The minimum absolute atomic E-state index is 0.00267. The van der Waals surface area contributed by atoms with Gasteiger partial charge in [0.2, 0.25) is 0 Å². The van der Waals surface area contributed by atoms with Crippen molar-refractivity contribution >= 4 is 46.3 Å². The Kier molecular flexibility index (Phi) is 3.85. The predicted molar refractivity (Wildman–Crippen MR) is 85.5 cm³/mol. The molecule has 0 atom stereocenters. The maximum absolute atomic E-state index is 12.5. The van der Waals surface area contributed by atoms with Gasteiger partial charge in [0.25, 0.3) is 0 Å². The van der Waals surface area contributed by atoms with Crippen LogP contribution in [0.4, 0.5) is 0 Å².